The fourth-order valence-electron chi connectivity index (χ4n) is 2.68. The first-order valence-corrected chi connectivity index (χ1v) is 9.60. The SMILES string of the molecule is O=C(Nc1cccc(-c2csc(-c3ccccn3)n2)c1)c1c(F)cccc1Cl. The molecule has 0 saturated heterocycles. The van der Waals surface area contributed by atoms with Crippen molar-refractivity contribution in [2.45, 2.75) is 0 Å². The number of aromatic nitrogens is 2. The van der Waals surface area contributed by atoms with Gasteiger partial charge in [0.2, 0.25) is 0 Å². The van der Waals surface area contributed by atoms with Crippen LogP contribution in [-0.2, 0) is 0 Å². The second-order valence-corrected chi connectivity index (χ2v) is 7.15. The minimum Gasteiger partial charge on any atom is -0.322 e. The Balaban J connectivity index is 1.59. The van der Waals surface area contributed by atoms with Gasteiger partial charge >= 0.3 is 0 Å². The number of pyridine rings is 1. The third-order valence-electron chi connectivity index (χ3n) is 3.99. The van der Waals surface area contributed by atoms with Crippen molar-refractivity contribution in [3.63, 3.8) is 0 Å². The molecular formula is C21H13ClFN3OS. The van der Waals surface area contributed by atoms with Crippen molar-refractivity contribution in [2.24, 2.45) is 0 Å². The maximum Gasteiger partial charge on any atom is 0.260 e. The second-order valence-electron chi connectivity index (χ2n) is 5.88. The summed E-state index contributed by atoms with van der Waals surface area (Å²) < 4.78 is 14.0. The van der Waals surface area contributed by atoms with Gasteiger partial charge in [-0.3, -0.25) is 9.78 Å². The van der Waals surface area contributed by atoms with Gasteiger partial charge in [0.05, 0.1) is 22.0 Å². The van der Waals surface area contributed by atoms with Crippen molar-refractivity contribution in [1.29, 1.82) is 0 Å². The molecule has 0 spiro atoms. The summed E-state index contributed by atoms with van der Waals surface area (Å²) in [6, 6.07) is 17.0. The van der Waals surface area contributed by atoms with E-state index in [0.29, 0.717) is 5.69 Å². The second kappa shape index (κ2) is 7.88. The highest BCUT2D eigenvalue weighted by Crippen LogP contribution is 2.29. The zero-order valence-corrected chi connectivity index (χ0v) is 16.0. The molecule has 0 atom stereocenters. The largest absolute Gasteiger partial charge is 0.322 e. The number of anilines is 1. The molecule has 1 amide bonds. The highest BCUT2D eigenvalue weighted by atomic mass is 35.5. The summed E-state index contributed by atoms with van der Waals surface area (Å²) in [5.41, 5.74) is 2.74. The lowest BCUT2D eigenvalue weighted by Gasteiger charge is -2.08. The lowest BCUT2D eigenvalue weighted by atomic mass is 10.1. The maximum atomic E-state index is 14.0. The maximum absolute atomic E-state index is 14.0. The third-order valence-corrected chi connectivity index (χ3v) is 5.17. The Kier molecular flexibility index (Phi) is 5.14. The third kappa shape index (κ3) is 3.78. The van der Waals surface area contributed by atoms with E-state index in [1.807, 2.05) is 29.6 Å². The molecule has 7 heteroatoms. The van der Waals surface area contributed by atoms with Crippen LogP contribution in [0.3, 0.4) is 0 Å². The number of benzene rings is 2. The van der Waals surface area contributed by atoms with Crippen LogP contribution < -0.4 is 5.32 Å². The molecule has 0 aliphatic rings. The summed E-state index contributed by atoms with van der Waals surface area (Å²) in [4.78, 5) is 21.4. The van der Waals surface area contributed by atoms with Crippen LogP contribution in [0.25, 0.3) is 22.0 Å². The van der Waals surface area contributed by atoms with Gasteiger partial charge in [0.25, 0.3) is 5.91 Å². The molecule has 2 heterocycles. The van der Waals surface area contributed by atoms with Crippen molar-refractivity contribution in [3.05, 3.63) is 88.6 Å². The predicted molar refractivity (Wildman–Crippen MR) is 110 cm³/mol. The van der Waals surface area contributed by atoms with E-state index in [0.717, 1.165) is 22.0 Å². The number of thiazole rings is 1. The van der Waals surface area contributed by atoms with Crippen LogP contribution in [0, 0.1) is 5.82 Å². The lowest BCUT2D eigenvalue weighted by Crippen LogP contribution is -2.14. The molecule has 2 aromatic carbocycles. The van der Waals surface area contributed by atoms with E-state index in [1.54, 1.807) is 24.4 Å². The summed E-state index contributed by atoms with van der Waals surface area (Å²) in [6.07, 6.45) is 1.72. The number of amides is 1. The van der Waals surface area contributed by atoms with Gasteiger partial charge in [0.15, 0.2) is 0 Å². The molecule has 1 N–H and O–H groups in total. The van der Waals surface area contributed by atoms with E-state index >= 15 is 0 Å². The Morgan fingerprint density at radius 3 is 2.68 bits per heavy atom. The van der Waals surface area contributed by atoms with Crippen LogP contribution in [0.2, 0.25) is 5.02 Å². The molecule has 0 radical (unpaired) electrons. The summed E-state index contributed by atoms with van der Waals surface area (Å²) in [6.45, 7) is 0. The number of carbonyl (C=O) groups is 1. The Hall–Kier alpha value is -3.09. The fourth-order valence-corrected chi connectivity index (χ4v) is 3.73. The molecular weight excluding hydrogens is 397 g/mol. The quantitative estimate of drug-likeness (QED) is 0.455. The summed E-state index contributed by atoms with van der Waals surface area (Å²) in [5, 5.41) is 5.49. The van der Waals surface area contributed by atoms with E-state index in [-0.39, 0.29) is 10.6 Å². The Morgan fingerprint density at radius 1 is 1.04 bits per heavy atom. The minimum absolute atomic E-state index is 0.0631. The standard InChI is InChI=1S/C21H13ClFN3OS/c22-15-7-4-8-16(23)19(15)20(27)25-14-6-3-5-13(11-14)18-12-28-21(26-18)17-9-1-2-10-24-17/h1-12H,(H,25,27). The molecule has 0 saturated carbocycles. The van der Waals surface area contributed by atoms with Crippen molar-refractivity contribution in [3.8, 4) is 22.0 Å². The van der Waals surface area contributed by atoms with Crippen molar-refractivity contribution >= 4 is 34.5 Å². The zero-order valence-electron chi connectivity index (χ0n) is 14.4. The zero-order chi connectivity index (χ0) is 19.5. The molecule has 0 aliphatic heterocycles. The van der Waals surface area contributed by atoms with Gasteiger partial charge < -0.3 is 5.32 Å². The highest BCUT2D eigenvalue weighted by Gasteiger charge is 2.16. The summed E-state index contributed by atoms with van der Waals surface area (Å²) in [5.74, 6) is -1.27. The summed E-state index contributed by atoms with van der Waals surface area (Å²) in [7, 11) is 0. The number of nitrogens with one attached hydrogen (secondary N) is 1. The average Bonchev–Trinajstić information content (AvgIpc) is 3.19. The predicted octanol–water partition coefficient (Wildman–Crippen LogP) is 5.92. The van der Waals surface area contributed by atoms with Gasteiger partial charge in [0.1, 0.15) is 10.8 Å². The monoisotopic (exact) mass is 409 g/mol. The van der Waals surface area contributed by atoms with Crippen molar-refractivity contribution in [2.75, 3.05) is 5.32 Å². The van der Waals surface area contributed by atoms with Gasteiger partial charge in [-0.15, -0.1) is 11.3 Å². The number of nitrogens with zero attached hydrogens (tertiary/aromatic N) is 2. The molecule has 0 bridgehead atoms. The first-order valence-electron chi connectivity index (χ1n) is 8.34. The number of rotatable bonds is 4. The van der Waals surface area contributed by atoms with E-state index in [4.69, 9.17) is 11.6 Å². The van der Waals surface area contributed by atoms with Gasteiger partial charge in [0, 0.05) is 22.8 Å². The lowest BCUT2D eigenvalue weighted by molar-refractivity contribution is 0.102. The Morgan fingerprint density at radius 2 is 1.89 bits per heavy atom. The van der Waals surface area contributed by atoms with Gasteiger partial charge in [-0.2, -0.15) is 0 Å². The number of halogens is 2. The van der Waals surface area contributed by atoms with Gasteiger partial charge in [-0.1, -0.05) is 35.9 Å². The van der Waals surface area contributed by atoms with Crippen molar-refractivity contribution in [1.82, 2.24) is 9.97 Å². The highest BCUT2D eigenvalue weighted by molar-refractivity contribution is 7.13. The normalized spacial score (nSPS) is 10.6. The van der Waals surface area contributed by atoms with E-state index in [9.17, 15) is 9.18 Å². The Bertz CT molecular complexity index is 1130. The van der Waals surface area contributed by atoms with E-state index in [2.05, 4.69) is 15.3 Å². The molecule has 4 nitrogen and oxygen atoms in total. The van der Waals surface area contributed by atoms with Gasteiger partial charge in [-0.05, 0) is 36.4 Å². The average molecular weight is 410 g/mol. The van der Waals surface area contributed by atoms with E-state index in [1.165, 1.54) is 29.5 Å². The smallest absolute Gasteiger partial charge is 0.260 e. The molecule has 4 rings (SSSR count). The van der Waals surface area contributed by atoms with E-state index < -0.39 is 11.7 Å². The van der Waals surface area contributed by atoms with Crippen LogP contribution >= 0.6 is 22.9 Å². The molecule has 0 fully saturated rings. The first-order chi connectivity index (χ1) is 13.6. The van der Waals surface area contributed by atoms with Crippen LogP contribution in [-0.4, -0.2) is 15.9 Å². The van der Waals surface area contributed by atoms with Crippen molar-refractivity contribution < 1.29 is 9.18 Å². The number of carbonyl (C=O) groups excluding carboxylic acids is 1. The molecule has 28 heavy (non-hydrogen) atoms. The molecule has 0 unspecified atom stereocenters. The van der Waals surface area contributed by atoms with Crippen LogP contribution in [0.1, 0.15) is 10.4 Å². The summed E-state index contributed by atoms with van der Waals surface area (Å²) >= 11 is 7.45. The number of hydrogen-bond acceptors (Lipinski definition) is 4. The topological polar surface area (TPSA) is 54.9 Å². The Labute approximate surface area is 169 Å². The molecule has 2 aromatic heterocycles. The first kappa shape index (κ1) is 18.3. The van der Waals surface area contributed by atoms with Crippen LogP contribution in [0.4, 0.5) is 10.1 Å². The molecule has 4 aromatic rings. The van der Waals surface area contributed by atoms with Crippen LogP contribution in [0.15, 0.2) is 72.2 Å². The molecule has 0 aliphatic carbocycles. The fraction of sp³-hybridized carbons (Fsp3) is 0. The molecule has 138 valence electrons. The van der Waals surface area contributed by atoms with Crippen LogP contribution in [0.5, 0.6) is 0 Å². The van der Waals surface area contributed by atoms with Gasteiger partial charge in [-0.25, -0.2) is 9.37 Å². The minimum atomic E-state index is -0.666. The number of hydrogen-bond donors (Lipinski definition) is 1.